The van der Waals surface area contributed by atoms with Gasteiger partial charge in [-0.3, -0.25) is 14.8 Å². The van der Waals surface area contributed by atoms with Gasteiger partial charge in [0.25, 0.3) is 0 Å². The van der Waals surface area contributed by atoms with Crippen LogP contribution in [0.15, 0.2) is 23.5 Å². The van der Waals surface area contributed by atoms with Crippen molar-refractivity contribution in [2.75, 3.05) is 0 Å². The summed E-state index contributed by atoms with van der Waals surface area (Å²) in [6, 6.07) is 1.69. The van der Waals surface area contributed by atoms with E-state index in [-0.39, 0.29) is 11.9 Å². The standard InChI is InChI=1S/C12H15N3O/c1-3-4-10-12(16)15-11(14-10)9-7-13-6-5-8(9)2/h5-7,10H,3-4H2,1-2H3,(H,14,15,16). The van der Waals surface area contributed by atoms with Crippen molar-refractivity contribution >= 4 is 11.7 Å². The number of nitrogens with one attached hydrogen (secondary N) is 1. The van der Waals surface area contributed by atoms with E-state index in [1.807, 2.05) is 13.0 Å². The molecule has 0 bridgehead atoms. The summed E-state index contributed by atoms with van der Waals surface area (Å²) in [4.78, 5) is 20.1. The number of hydrogen-bond donors (Lipinski definition) is 1. The van der Waals surface area contributed by atoms with Gasteiger partial charge in [0.15, 0.2) is 0 Å². The molecule has 1 N–H and O–H groups in total. The number of amidine groups is 1. The van der Waals surface area contributed by atoms with Gasteiger partial charge in [0, 0.05) is 18.0 Å². The molecular weight excluding hydrogens is 202 g/mol. The predicted octanol–water partition coefficient (Wildman–Crippen LogP) is 1.44. The highest BCUT2D eigenvalue weighted by molar-refractivity contribution is 6.14. The van der Waals surface area contributed by atoms with E-state index in [2.05, 4.69) is 22.2 Å². The lowest BCUT2D eigenvalue weighted by Gasteiger charge is -2.03. The molecular formula is C12H15N3O. The summed E-state index contributed by atoms with van der Waals surface area (Å²) in [6.07, 6.45) is 5.23. The Bertz CT molecular complexity index is 440. The highest BCUT2D eigenvalue weighted by atomic mass is 16.2. The van der Waals surface area contributed by atoms with E-state index in [4.69, 9.17) is 0 Å². The monoisotopic (exact) mass is 217 g/mol. The van der Waals surface area contributed by atoms with Crippen molar-refractivity contribution in [1.82, 2.24) is 10.3 Å². The highest BCUT2D eigenvalue weighted by Crippen LogP contribution is 2.13. The zero-order valence-electron chi connectivity index (χ0n) is 9.53. The van der Waals surface area contributed by atoms with Crippen LogP contribution in [0.3, 0.4) is 0 Å². The number of aliphatic imine (C=N–C) groups is 1. The number of carbonyl (C=O) groups excluding carboxylic acids is 1. The fourth-order valence-corrected chi connectivity index (χ4v) is 1.76. The summed E-state index contributed by atoms with van der Waals surface area (Å²) in [5.41, 5.74) is 1.99. The van der Waals surface area contributed by atoms with E-state index in [0.29, 0.717) is 5.84 Å². The van der Waals surface area contributed by atoms with Crippen LogP contribution in [0.2, 0.25) is 0 Å². The molecule has 16 heavy (non-hydrogen) atoms. The summed E-state index contributed by atoms with van der Waals surface area (Å²) in [5, 5.41) is 2.82. The number of aromatic nitrogens is 1. The van der Waals surface area contributed by atoms with E-state index >= 15 is 0 Å². The van der Waals surface area contributed by atoms with Gasteiger partial charge in [-0.15, -0.1) is 0 Å². The van der Waals surface area contributed by atoms with E-state index in [0.717, 1.165) is 24.0 Å². The first kappa shape index (κ1) is 10.8. The smallest absolute Gasteiger partial charge is 0.250 e. The Morgan fingerprint density at radius 3 is 3.00 bits per heavy atom. The highest BCUT2D eigenvalue weighted by Gasteiger charge is 2.26. The third-order valence-corrected chi connectivity index (χ3v) is 2.69. The van der Waals surface area contributed by atoms with Gasteiger partial charge in [-0.25, -0.2) is 0 Å². The van der Waals surface area contributed by atoms with Gasteiger partial charge in [-0.1, -0.05) is 13.3 Å². The number of pyridine rings is 1. The molecule has 0 aromatic carbocycles. The predicted molar refractivity (Wildman–Crippen MR) is 62.3 cm³/mol. The molecule has 4 heteroatoms. The van der Waals surface area contributed by atoms with Crippen LogP contribution >= 0.6 is 0 Å². The zero-order valence-corrected chi connectivity index (χ0v) is 9.53. The minimum absolute atomic E-state index is 0.0000954. The largest absolute Gasteiger partial charge is 0.309 e. The Morgan fingerprint density at radius 2 is 2.31 bits per heavy atom. The first-order chi connectivity index (χ1) is 7.72. The van der Waals surface area contributed by atoms with Crippen molar-refractivity contribution in [3.05, 3.63) is 29.6 Å². The molecule has 0 fully saturated rings. The number of nitrogens with zero attached hydrogens (tertiary/aromatic N) is 2. The lowest BCUT2D eigenvalue weighted by Crippen LogP contribution is -2.29. The second kappa shape index (κ2) is 4.43. The molecule has 2 rings (SSSR count). The molecule has 0 saturated carbocycles. The lowest BCUT2D eigenvalue weighted by atomic mass is 10.1. The van der Waals surface area contributed by atoms with Gasteiger partial charge >= 0.3 is 0 Å². The Balaban J connectivity index is 2.27. The average Bonchev–Trinajstić information content (AvgIpc) is 2.61. The molecule has 1 aliphatic rings. The number of amides is 1. The topological polar surface area (TPSA) is 54.4 Å². The minimum atomic E-state index is -0.223. The lowest BCUT2D eigenvalue weighted by molar-refractivity contribution is -0.120. The van der Waals surface area contributed by atoms with Crippen LogP contribution < -0.4 is 5.32 Å². The fraction of sp³-hybridized carbons (Fsp3) is 0.417. The normalized spacial score (nSPS) is 19.5. The van der Waals surface area contributed by atoms with E-state index in [1.54, 1.807) is 12.4 Å². The molecule has 0 radical (unpaired) electrons. The first-order valence-electron chi connectivity index (χ1n) is 5.52. The Labute approximate surface area is 94.8 Å². The van der Waals surface area contributed by atoms with E-state index in [1.165, 1.54) is 0 Å². The molecule has 4 nitrogen and oxygen atoms in total. The van der Waals surface area contributed by atoms with Gasteiger partial charge in [-0.2, -0.15) is 0 Å². The second-order valence-corrected chi connectivity index (χ2v) is 3.96. The van der Waals surface area contributed by atoms with Crippen LogP contribution in [0.5, 0.6) is 0 Å². The fourth-order valence-electron chi connectivity index (χ4n) is 1.76. The summed E-state index contributed by atoms with van der Waals surface area (Å²) in [5.74, 6) is 0.661. The van der Waals surface area contributed by atoms with Gasteiger partial charge in [-0.05, 0) is 25.0 Å². The van der Waals surface area contributed by atoms with Crippen LogP contribution in [0.25, 0.3) is 0 Å². The van der Waals surface area contributed by atoms with Crippen molar-refractivity contribution in [2.45, 2.75) is 32.7 Å². The van der Waals surface area contributed by atoms with E-state index in [9.17, 15) is 4.79 Å². The maximum absolute atomic E-state index is 11.6. The van der Waals surface area contributed by atoms with Crippen LogP contribution in [0.1, 0.15) is 30.9 Å². The number of hydrogen-bond acceptors (Lipinski definition) is 3. The maximum Gasteiger partial charge on any atom is 0.250 e. The zero-order chi connectivity index (χ0) is 11.5. The van der Waals surface area contributed by atoms with Crippen LogP contribution in [-0.4, -0.2) is 22.8 Å². The molecule has 84 valence electrons. The van der Waals surface area contributed by atoms with Gasteiger partial charge in [0.05, 0.1) is 0 Å². The number of carbonyl (C=O) groups is 1. The summed E-state index contributed by atoms with van der Waals surface area (Å²) >= 11 is 0. The quantitative estimate of drug-likeness (QED) is 0.832. The molecule has 2 heterocycles. The van der Waals surface area contributed by atoms with Crippen molar-refractivity contribution in [1.29, 1.82) is 0 Å². The molecule has 1 aromatic rings. The molecule has 1 atom stereocenters. The third-order valence-electron chi connectivity index (χ3n) is 2.69. The molecule has 1 unspecified atom stereocenters. The van der Waals surface area contributed by atoms with Crippen molar-refractivity contribution in [3.63, 3.8) is 0 Å². The maximum atomic E-state index is 11.6. The minimum Gasteiger partial charge on any atom is -0.309 e. The first-order valence-corrected chi connectivity index (χ1v) is 5.52. The van der Waals surface area contributed by atoms with Gasteiger partial charge in [0.1, 0.15) is 11.9 Å². The van der Waals surface area contributed by atoms with Gasteiger partial charge < -0.3 is 5.32 Å². The van der Waals surface area contributed by atoms with Crippen molar-refractivity contribution in [3.8, 4) is 0 Å². The number of aryl methyl sites for hydroxylation is 1. The number of rotatable bonds is 3. The Kier molecular flexibility index (Phi) is 2.99. The summed E-state index contributed by atoms with van der Waals surface area (Å²) in [6.45, 7) is 4.04. The Hall–Kier alpha value is -1.71. The molecule has 0 saturated heterocycles. The molecule has 1 amide bonds. The molecule has 0 aliphatic carbocycles. The third kappa shape index (κ3) is 1.96. The molecule has 1 aromatic heterocycles. The summed E-state index contributed by atoms with van der Waals surface area (Å²) < 4.78 is 0. The van der Waals surface area contributed by atoms with Crippen molar-refractivity contribution in [2.24, 2.45) is 4.99 Å². The molecule has 0 spiro atoms. The Morgan fingerprint density at radius 1 is 1.50 bits per heavy atom. The van der Waals surface area contributed by atoms with Crippen LogP contribution in [-0.2, 0) is 4.79 Å². The van der Waals surface area contributed by atoms with E-state index < -0.39 is 0 Å². The average molecular weight is 217 g/mol. The van der Waals surface area contributed by atoms with Crippen molar-refractivity contribution < 1.29 is 4.79 Å². The van der Waals surface area contributed by atoms with Crippen LogP contribution in [0, 0.1) is 6.92 Å². The SMILES string of the molecule is CCCC1N=C(c2cnccc2C)NC1=O. The second-order valence-electron chi connectivity index (χ2n) is 3.96. The van der Waals surface area contributed by atoms with Gasteiger partial charge in [0.2, 0.25) is 5.91 Å². The summed E-state index contributed by atoms with van der Waals surface area (Å²) in [7, 11) is 0. The molecule has 1 aliphatic heterocycles. The van der Waals surface area contributed by atoms with Crippen LogP contribution in [0.4, 0.5) is 0 Å².